The molecule has 9 heteroatoms. The van der Waals surface area contributed by atoms with Crippen LogP contribution < -0.4 is 10.9 Å². The summed E-state index contributed by atoms with van der Waals surface area (Å²) in [6, 6.07) is 5.27. The minimum Gasteiger partial charge on any atom is -0.383 e. The third kappa shape index (κ3) is 4.55. The number of aromatic nitrogens is 1. The van der Waals surface area contributed by atoms with Gasteiger partial charge in [0.15, 0.2) is 0 Å². The van der Waals surface area contributed by atoms with Gasteiger partial charge < -0.3 is 15.0 Å². The second-order valence-electron chi connectivity index (χ2n) is 6.17. The van der Waals surface area contributed by atoms with Crippen LogP contribution in [0.15, 0.2) is 34.0 Å². The highest BCUT2D eigenvalue weighted by molar-refractivity contribution is 7.89. The molecule has 0 aliphatic heterocycles. The third-order valence-electron chi connectivity index (χ3n) is 4.20. The predicted molar refractivity (Wildman–Crippen MR) is 103 cm³/mol. The molecular weight excluding hydrogens is 370 g/mol. The van der Waals surface area contributed by atoms with Gasteiger partial charge in [0.1, 0.15) is 0 Å². The number of methoxy groups -OCH3 is 1. The van der Waals surface area contributed by atoms with Crippen LogP contribution in [0.3, 0.4) is 0 Å². The molecular formula is C18H25N3O5S. The lowest BCUT2D eigenvalue weighted by Gasteiger charge is -2.19. The Hall–Kier alpha value is -2.23. The molecule has 0 fully saturated rings. The van der Waals surface area contributed by atoms with Crippen molar-refractivity contribution in [2.24, 2.45) is 0 Å². The number of amides is 1. The number of aromatic amines is 1. The van der Waals surface area contributed by atoms with Crippen molar-refractivity contribution < 1.29 is 17.9 Å². The predicted octanol–water partition coefficient (Wildman–Crippen LogP) is 1.32. The molecule has 1 aromatic heterocycles. The van der Waals surface area contributed by atoms with E-state index >= 15 is 0 Å². The van der Waals surface area contributed by atoms with Gasteiger partial charge in [-0.05, 0) is 25.1 Å². The first-order valence-corrected chi connectivity index (χ1v) is 10.2. The van der Waals surface area contributed by atoms with Crippen LogP contribution in [0.25, 0.3) is 10.9 Å². The zero-order valence-electron chi connectivity index (χ0n) is 15.9. The van der Waals surface area contributed by atoms with Crippen molar-refractivity contribution >= 4 is 26.8 Å². The minimum atomic E-state index is -3.69. The maximum Gasteiger partial charge on any atom is 0.252 e. The van der Waals surface area contributed by atoms with Gasteiger partial charge >= 0.3 is 0 Å². The number of sulfonamides is 1. The second-order valence-corrected chi connectivity index (χ2v) is 8.11. The molecule has 148 valence electrons. The largest absolute Gasteiger partial charge is 0.383 e. The monoisotopic (exact) mass is 395 g/mol. The van der Waals surface area contributed by atoms with Crippen LogP contribution in [-0.2, 0) is 14.8 Å². The number of nitrogens with zero attached hydrogens (tertiary/aromatic N) is 1. The van der Waals surface area contributed by atoms with E-state index in [-0.39, 0.29) is 16.5 Å². The minimum absolute atomic E-state index is 0.0738. The number of carbonyl (C=O) groups excluding carboxylic acids is 1. The standard InChI is InChI=1S/C18H25N3O5S/c1-5-21(6-2)27(24,25)13-7-8-16-14(9-13)15(10-17(22)20-16)18(23)19-12(3)11-26-4/h7-10,12H,5-6,11H2,1-4H3,(H,19,23)(H,20,22)/t12-/m1/s1. The highest BCUT2D eigenvalue weighted by atomic mass is 32.2. The van der Waals surface area contributed by atoms with Crippen molar-refractivity contribution in [3.63, 3.8) is 0 Å². The Morgan fingerprint density at radius 2 is 1.93 bits per heavy atom. The van der Waals surface area contributed by atoms with Crippen molar-refractivity contribution in [3.05, 3.63) is 40.2 Å². The number of carbonyl (C=O) groups is 1. The summed E-state index contributed by atoms with van der Waals surface area (Å²) < 4.78 is 31.9. The highest BCUT2D eigenvalue weighted by Crippen LogP contribution is 2.23. The van der Waals surface area contributed by atoms with Gasteiger partial charge in [-0.25, -0.2) is 8.42 Å². The molecule has 0 saturated heterocycles. The molecule has 1 heterocycles. The lowest BCUT2D eigenvalue weighted by molar-refractivity contribution is 0.0907. The maximum atomic E-state index is 12.8. The molecule has 2 aromatic rings. The summed E-state index contributed by atoms with van der Waals surface area (Å²) in [5.74, 6) is -0.465. The number of nitrogens with one attached hydrogen (secondary N) is 2. The SMILES string of the molecule is CCN(CC)S(=O)(=O)c1ccc2[nH]c(=O)cc(C(=O)N[C@H](C)COC)c2c1. The van der Waals surface area contributed by atoms with Crippen LogP contribution in [0.2, 0.25) is 0 Å². The smallest absolute Gasteiger partial charge is 0.252 e. The van der Waals surface area contributed by atoms with Crippen molar-refractivity contribution in [2.45, 2.75) is 31.7 Å². The molecule has 0 radical (unpaired) electrons. The molecule has 1 atom stereocenters. The summed E-state index contributed by atoms with van der Waals surface area (Å²) >= 11 is 0. The molecule has 27 heavy (non-hydrogen) atoms. The quantitative estimate of drug-likeness (QED) is 0.701. The van der Waals surface area contributed by atoms with Crippen LogP contribution in [0.4, 0.5) is 0 Å². The number of H-pyrrole nitrogens is 1. The molecule has 0 aliphatic carbocycles. The zero-order chi connectivity index (χ0) is 20.2. The highest BCUT2D eigenvalue weighted by Gasteiger charge is 2.23. The fraction of sp³-hybridized carbons (Fsp3) is 0.444. The molecule has 0 saturated carbocycles. The first-order valence-electron chi connectivity index (χ1n) is 8.71. The van der Waals surface area contributed by atoms with E-state index in [2.05, 4.69) is 10.3 Å². The van der Waals surface area contributed by atoms with Crippen LogP contribution in [0.1, 0.15) is 31.1 Å². The molecule has 1 amide bonds. The first kappa shape index (κ1) is 21.1. The lowest BCUT2D eigenvalue weighted by atomic mass is 10.1. The summed E-state index contributed by atoms with van der Waals surface area (Å²) in [5, 5.41) is 3.11. The molecule has 2 rings (SSSR count). The Bertz CT molecular complexity index is 980. The zero-order valence-corrected chi connectivity index (χ0v) is 16.7. The van der Waals surface area contributed by atoms with Gasteiger partial charge in [-0.2, -0.15) is 4.31 Å². The summed E-state index contributed by atoms with van der Waals surface area (Å²) in [6.45, 7) is 6.28. The fourth-order valence-corrected chi connectivity index (χ4v) is 4.37. The van der Waals surface area contributed by atoms with Crippen LogP contribution in [-0.4, -0.2) is 56.5 Å². The lowest BCUT2D eigenvalue weighted by Crippen LogP contribution is -2.36. The number of fused-ring (bicyclic) bond motifs is 1. The normalized spacial score (nSPS) is 13.1. The van der Waals surface area contributed by atoms with Gasteiger partial charge in [-0.15, -0.1) is 0 Å². The van der Waals surface area contributed by atoms with Crippen molar-refractivity contribution in [1.29, 1.82) is 0 Å². The molecule has 1 aromatic carbocycles. The number of pyridine rings is 1. The van der Waals surface area contributed by atoms with E-state index in [0.29, 0.717) is 30.6 Å². The molecule has 2 N–H and O–H groups in total. The Kier molecular flexibility index (Phi) is 6.74. The topological polar surface area (TPSA) is 109 Å². The van der Waals surface area contributed by atoms with Crippen molar-refractivity contribution in [1.82, 2.24) is 14.6 Å². The van der Waals surface area contributed by atoms with E-state index in [1.54, 1.807) is 20.8 Å². The number of rotatable bonds is 8. The van der Waals surface area contributed by atoms with Gasteiger partial charge in [-0.3, -0.25) is 9.59 Å². The van der Waals surface area contributed by atoms with Crippen molar-refractivity contribution in [3.8, 4) is 0 Å². The van der Waals surface area contributed by atoms with E-state index in [1.165, 1.54) is 35.7 Å². The van der Waals surface area contributed by atoms with Gasteiger partial charge in [-0.1, -0.05) is 13.8 Å². The van der Waals surface area contributed by atoms with Gasteiger partial charge in [0.2, 0.25) is 15.6 Å². The maximum absolute atomic E-state index is 12.8. The molecule has 0 bridgehead atoms. The fourth-order valence-electron chi connectivity index (χ4n) is 2.89. The Labute approximate surface area is 158 Å². The van der Waals surface area contributed by atoms with Gasteiger partial charge in [0, 0.05) is 43.2 Å². The number of hydrogen-bond donors (Lipinski definition) is 2. The Morgan fingerprint density at radius 1 is 1.26 bits per heavy atom. The number of ether oxygens (including phenoxy) is 1. The first-order chi connectivity index (χ1) is 12.7. The summed E-state index contributed by atoms with van der Waals surface area (Å²) in [7, 11) is -2.16. The number of benzene rings is 1. The van der Waals surface area contributed by atoms with Gasteiger partial charge in [0.25, 0.3) is 5.91 Å². The van der Waals surface area contributed by atoms with E-state index in [0.717, 1.165) is 0 Å². The molecule has 0 spiro atoms. The van der Waals surface area contributed by atoms with E-state index in [4.69, 9.17) is 4.74 Å². The number of hydrogen-bond acceptors (Lipinski definition) is 5. The molecule has 0 aliphatic rings. The third-order valence-corrected chi connectivity index (χ3v) is 6.24. The van der Waals surface area contributed by atoms with E-state index in [9.17, 15) is 18.0 Å². The average Bonchev–Trinajstić information content (AvgIpc) is 2.61. The summed E-state index contributed by atoms with van der Waals surface area (Å²) in [4.78, 5) is 27.2. The summed E-state index contributed by atoms with van der Waals surface area (Å²) in [5.41, 5.74) is 0.0743. The second kappa shape index (κ2) is 8.64. The summed E-state index contributed by atoms with van der Waals surface area (Å²) in [6.07, 6.45) is 0. The van der Waals surface area contributed by atoms with Crippen LogP contribution >= 0.6 is 0 Å². The van der Waals surface area contributed by atoms with Crippen LogP contribution in [0, 0.1) is 0 Å². The van der Waals surface area contributed by atoms with E-state index in [1.807, 2.05) is 0 Å². The van der Waals surface area contributed by atoms with Crippen molar-refractivity contribution in [2.75, 3.05) is 26.8 Å². The average molecular weight is 395 g/mol. The Morgan fingerprint density at radius 3 is 2.52 bits per heavy atom. The molecule has 0 unspecified atom stereocenters. The van der Waals surface area contributed by atoms with E-state index < -0.39 is 21.5 Å². The molecule has 8 nitrogen and oxygen atoms in total. The van der Waals surface area contributed by atoms with Gasteiger partial charge in [0.05, 0.1) is 17.1 Å². The van der Waals surface area contributed by atoms with Crippen LogP contribution in [0.5, 0.6) is 0 Å². The Balaban J connectivity index is 2.58.